The van der Waals surface area contributed by atoms with Crippen molar-refractivity contribution in [2.75, 3.05) is 12.8 Å². The van der Waals surface area contributed by atoms with Crippen LogP contribution in [-0.2, 0) is 26.3 Å². The molecule has 1 amide bonds. The Hall–Kier alpha value is -0.920. The lowest BCUT2D eigenvalue weighted by molar-refractivity contribution is 0.0953. The van der Waals surface area contributed by atoms with Crippen molar-refractivity contribution in [2.24, 2.45) is 0 Å². The van der Waals surface area contributed by atoms with Gasteiger partial charge in [-0.1, -0.05) is 13.0 Å². The van der Waals surface area contributed by atoms with Crippen LogP contribution in [0.2, 0.25) is 0 Å². The molecule has 1 N–H and O–H groups in total. The summed E-state index contributed by atoms with van der Waals surface area (Å²) in [5.41, 5.74) is 0.996. The van der Waals surface area contributed by atoms with Gasteiger partial charge in [-0.25, -0.2) is 8.42 Å². The molecule has 0 fully saturated rings. The van der Waals surface area contributed by atoms with Crippen molar-refractivity contribution < 1.29 is 17.4 Å². The molecule has 0 heterocycles. The summed E-state index contributed by atoms with van der Waals surface area (Å²) in [6.07, 6.45) is 2.15. The average molecular weight is 352 g/mol. The smallest absolute Gasteiger partial charge is 0.261 e. The summed E-state index contributed by atoms with van der Waals surface area (Å²) in [4.78, 5) is 12.1. The maximum Gasteiger partial charge on any atom is 0.261 e. The number of aryl methyl sites for hydroxylation is 1. The third kappa shape index (κ3) is 5.09. The third-order valence-electron chi connectivity index (χ3n) is 3.11. The van der Waals surface area contributed by atoms with E-state index >= 15 is 0 Å². The van der Waals surface area contributed by atoms with E-state index < -0.39 is 25.8 Å². The van der Waals surface area contributed by atoms with Crippen molar-refractivity contribution >= 4 is 36.4 Å². The minimum absolute atomic E-state index is 0.112. The molecule has 0 bridgehead atoms. The predicted molar refractivity (Wildman–Crippen MR) is 84.7 cm³/mol. The van der Waals surface area contributed by atoms with E-state index in [1.807, 2.05) is 6.92 Å². The second-order valence-corrected chi connectivity index (χ2v) is 9.00. The van der Waals surface area contributed by atoms with Gasteiger partial charge in [0, 0.05) is 45.1 Å². The molecular formula is C13H18ClNO4S2. The van der Waals surface area contributed by atoms with Gasteiger partial charge in [0.1, 0.15) is 0 Å². The Labute approximate surface area is 132 Å². The molecule has 0 spiro atoms. The van der Waals surface area contributed by atoms with E-state index in [0.717, 1.165) is 5.56 Å². The molecule has 1 aromatic carbocycles. The summed E-state index contributed by atoms with van der Waals surface area (Å²) in [6.45, 7) is 3.88. The van der Waals surface area contributed by atoms with Crippen LogP contribution in [0.3, 0.4) is 0 Å². The Kier molecular flexibility index (Phi) is 6.37. The molecule has 8 heteroatoms. The quantitative estimate of drug-likeness (QED) is 0.790. The molecule has 2 unspecified atom stereocenters. The second kappa shape index (κ2) is 7.38. The molecule has 5 nitrogen and oxygen atoms in total. The van der Waals surface area contributed by atoms with E-state index in [-0.39, 0.29) is 22.3 Å². The first-order valence-electron chi connectivity index (χ1n) is 6.34. The Balaban J connectivity index is 3.04. The number of carbonyl (C=O) groups is 1. The van der Waals surface area contributed by atoms with Crippen LogP contribution in [0, 0.1) is 0 Å². The van der Waals surface area contributed by atoms with Crippen LogP contribution in [0.1, 0.15) is 29.8 Å². The maximum atomic E-state index is 12.2. The molecule has 118 valence electrons. The van der Waals surface area contributed by atoms with Gasteiger partial charge in [-0.2, -0.15) is 0 Å². The molecule has 1 rings (SSSR count). The van der Waals surface area contributed by atoms with E-state index in [4.69, 9.17) is 10.7 Å². The number of amides is 1. The van der Waals surface area contributed by atoms with Gasteiger partial charge in [0.2, 0.25) is 0 Å². The van der Waals surface area contributed by atoms with Gasteiger partial charge < -0.3 is 5.32 Å². The zero-order valence-corrected chi connectivity index (χ0v) is 14.4. The van der Waals surface area contributed by atoms with Gasteiger partial charge in [0.25, 0.3) is 15.0 Å². The lowest BCUT2D eigenvalue weighted by Crippen LogP contribution is -2.33. The topological polar surface area (TPSA) is 80.3 Å². The van der Waals surface area contributed by atoms with Crippen molar-refractivity contribution in [3.63, 3.8) is 0 Å². The summed E-state index contributed by atoms with van der Waals surface area (Å²) in [6, 6.07) is 4.22. The van der Waals surface area contributed by atoms with Crippen LogP contribution in [0.25, 0.3) is 0 Å². The van der Waals surface area contributed by atoms with Gasteiger partial charge >= 0.3 is 0 Å². The Bertz CT molecular complexity index is 658. The summed E-state index contributed by atoms with van der Waals surface area (Å²) in [7, 11) is 0.375. The van der Waals surface area contributed by atoms with Gasteiger partial charge in [-0.3, -0.25) is 9.00 Å². The summed E-state index contributed by atoms with van der Waals surface area (Å²) < 4.78 is 34.0. The van der Waals surface area contributed by atoms with Crippen LogP contribution >= 0.6 is 10.7 Å². The average Bonchev–Trinajstić information content (AvgIpc) is 2.42. The van der Waals surface area contributed by atoms with Crippen molar-refractivity contribution in [1.82, 2.24) is 5.32 Å². The first kappa shape index (κ1) is 18.1. The Morgan fingerprint density at radius 1 is 1.43 bits per heavy atom. The number of benzene rings is 1. The van der Waals surface area contributed by atoms with Gasteiger partial charge in [-0.05, 0) is 31.0 Å². The van der Waals surface area contributed by atoms with Crippen molar-refractivity contribution in [2.45, 2.75) is 30.4 Å². The van der Waals surface area contributed by atoms with Crippen LogP contribution < -0.4 is 5.32 Å². The number of hydrogen-bond acceptors (Lipinski definition) is 4. The highest BCUT2D eigenvalue weighted by Gasteiger charge is 2.17. The minimum atomic E-state index is -3.88. The van der Waals surface area contributed by atoms with Crippen LogP contribution in [0.5, 0.6) is 0 Å². The molecule has 0 aromatic heterocycles. The Morgan fingerprint density at radius 3 is 2.52 bits per heavy atom. The SMILES string of the molecule is CCc1ccc(S(=O)(=O)Cl)cc1C(=O)NCC(C)S(C)=O. The van der Waals surface area contributed by atoms with E-state index in [1.165, 1.54) is 12.1 Å². The van der Waals surface area contributed by atoms with E-state index in [0.29, 0.717) is 6.42 Å². The lowest BCUT2D eigenvalue weighted by Gasteiger charge is -2.12. The highest BCUT2D eigenvalue weighted by atomic mass is 35.7. The third-order valence-corrected chi connectivity index (χ3v) is 5.76. The molecule has 0 saturated heterocycles. The molecule has 0 radical (unpaired) electrons. The molecule has 0 aliphatic rings. The second-order valence-electron chi connectivity index (χ2n) is 4.63. The summed E-state index contributed by atoms with van der Waals surface area (Å²) >= 11 is 0. The zero-order valence-electron chi connectivity index (χ0n) is 12.1. The fourth-order valence-corrected chi connectivity index (χ4v) is 2.77. The highest BCUT2D eigenvalue weighted by Crippen LogP contribution is 2.20. The van der Waals surface area contributed by atoms with Crippen molar-refractivity contribution in [3.05, 3.63) is 29.3 Å². The zero-order chi connectivity index (χ0) is 16.2. The monoisotopic (exact) mass is 351 g/mol. The first-order valence-corrected chi connectivity index (χ1v) is 10.3. The van der Waals surface area contributed by atoms with Crippen LogP contribution in [0.15, 0.2) is 23.1 Å². The normalized spacial score (nSPS) is 14.5. The van der Waals surface area contributed by atoms with Gasteiger partial charge in [0.05, 0.1) is 4.90 Å². The molecule has 0 aliphatic heterocycles. The largest absolute Gasteiger partial charge is 0.351 e. The predicted octanol–water partition coefficient (Wildman–Crippen LogP) is 1.67. The highest BCUT2D eigenvalue weighted by molar-refractivity contribution is 8.13. The maximum absolute atomic E-state index is 12.2. The van der Waals surface area contributed by atoms with E-state index in [9.17, 15) is 17.4 Å². The molecular weight excluding hydrogens is 334 g/mol. The van der Waals surface area contributed by atoms with Crippen LogP contribution in [-0.4, -0.2) is 36.6 Å². The molecule has 0 saturated carbocycles. The van der Waals surface area contributed by atoms with Gasteiger partial charge in [-0.15, -0.1) is 0 Å². The Morgan fingerprint density at radius 2 is 2.05 bits per heavy atom. The summed E-state index contributed by atoms with van der Waals surface area (Å²) in [5, 5.41) is 2.48. The molecule has 0 aliphatic carbocycles. The number of carbonyl (C=O) groups excluding carboxylic acids is 1. The fraction of sp³-hybridized carbons (Fsp3) is 0.462. The van der Waals surface area contributed by atoms with Gasteiger partial charge in [0.15, 0.2) is 0 Å². The van der Waals surface area contributed by atoms with Crippen LogP contribution in [0.4, 0.5) is 0 Å². The van der Waals surface area contributed by atoms with E-state index in [2.05, 4.69) is 5.32 Å². The number of halogens is 1. The van der Waals surface area contributed by atoms with E-state index in [1.54, 1.807) is 19.2 Å². The minimum Gasteiger partial charge on any atom is -0.351 e. The summed E-state index contributed by atoms with van der Waals surface area (Å²) in [5.74, 6) is -0.397. The number of rotatable bonds is 6. The first-order chi connectivity index (χ1) is 9.66. The lowest BCUT2D eigenvalue weighted by atomic mass is 10.0. The number of nitrogens with one attached hydrogen (secondary N) is 1. The van der Waals surface area contributed by atoms with Crippen molar-refractivity contribution in [3.8, 4) is 0 Å². The molecule has 1 aromatic rings. The molecule has 2 atom stereocenters. The standard InChI is InChI=1S/C13H18ClNO4S2/c1-4-10-5-6-11(21(14,18)19)7-12(10)13(16)15-8-9(2)20(3)17/h5-7,9H,4,8H2,1-3H3,(H,15,16). The number of hydrogen-bond donors (Lipinski definition) is 1. The molecule has 21 heavy (non-hydrogen) atoms. The van der Waals surface area contributed by atoms with Crippen molar-refractivity contribution in [1.29, 1.82) is 0 Å². The fourth-order valence-electron chi connectivity index (χ4n) is 1.68.